The summed E-state index contributed by atoms with van der Waals surface area (Å²) >= 11 is 0. The van der Waals surface area contributed by atoms with Crippen LogP contribution in [0.1, 0.15) is 13.3 Å². The Labute approximate surface area is 69.0 Å². The monoisotopic (exact) mass is 181 g/mol. The summed E-state index contributed by atoms with van der Waals surface area (Å²) in [5, 5.41) is 0. The highest BCUT2D eigenvalue weighted by Crippen LogP contribution is 2.13. The Kier molecular flexibility index (Phi) is 5.51. The van der Waals surface area contributed by atoms with Crippen molar-refractivity contribution in [2.75, 3.05) is 13.2 Å². The van der Waals surface area contributed by atoms with Gasteiger partial charge >= 0.3 is 6.18 Å². The van der Waals surface area contributed by atoms with Crippen molar-refractivity contribution in [2.45, 2.75) is 19.5 Å². The van der Waals surface area contributed by atoms with Crippen LogP contribution in [0.5, 0.6) is 0 Å². The van der Waals surface area contributed by atoms with Gasteiger partial charge < -0.3 is 0 Å². The molecule has 0 rings (SSSR count). The van der Waals surface area contributed by atoms with Crippen LogP contribution in [0.25, 0.3) is 0 Å². The molecule has 0 amide bonds. The molecule has 0 fully saturated rings. The van der Waals surface area contributed by atoms with E-state index in [1.54, 1.807) is 6.92 Å². The van der Waals surface area contributed by atoms with E-state index in [9.17, 15) is 13.2 Å². The van der Waals surface area contributed by atoms with E-state index < -0.39 is 12.8 Å². The summed E-state index contributed by atoms with van der Waals surface area (Å²) < 4.78 is 34.3. The van der Waals surface area contributed by atoms with E-state index >= 15 is 0 Å². The molecule has 1 N–H and O–H groups in total. The zero-order valence-corrected chi connectivity index (χ0v) is 6.66. The number of hydrogen-bond donors (Lipinski definition) is 1. The summed E-state index contributed by atoms with van der Waals surface area (Å²) in [5.74, 6) is 5.28. The third-order valence-electron chi connectivity index (χ3n) is 0.867. The van der Waals surface area contributed by atoms with Gasteiger partial charge in [-0.05, 0) is 6.92 Å². The lowest BCUT2D eigenvalue weighted by atomic mass is 10.4. The first-order valence-electron chi connectivity index (χ1n) is 3.37. The summed E-state index contributed by atoms with van der Waals surface area (Å²) in [5.41, 5.74) is 2.15. The number of hydrogen-bond acceptors (Lipinski definition) is 2. The highest BCUT2D eigenvalue weighted by molar-refractivity contribution is 4.94. The summed E-state index contributed by atoms with van der Waals surface area (Å²) in [4.78, 5) is 4.10. The van der Waals surface area contributed by atoms with Gasteiger partial charge in [0.05, 0.1) is 0 Å². The second kappa shape index (κ2) is 5.86. The molecule has 0 bridgehead atoms. The Bertz CT molecular complexity index is 168. The van der Waals surface area contributed by atoms with Crippen molar-refractivity contribution in [3.05, 3.63) is 0 Å². The molecule has 0 heterocycles. The van der Waals surface area contributed by atoms with E-state index in [1.165, 1.54) is 0 Å². The van der Waals surface area contributed by atoms with Crippen LogP contribution >= 0.6 is 0 Å². The SMILES string of the molecule is CC#CCCNOCC(F)(F)F. The molecule has 0 saturated heterocycles. The van der Waals surface area contributed by atoms with E-state index in [4.69, 9.17) is 0 Å². The zero-order chi connectivity index (χ0) is 9.45. The van der Waals surface area contributed by atoms with E-state index in [1.807, 2.05) is 0 Å². The van der Waals surface area contributed by atoms with E-state index in [2.05, 4.69) is 22.2 Å². The number of halogens is 3. The molecule has 0 aromatic heterocycles. The van der Waals surface area contributed by atoms with Crippen molar-refractivity contribution in [2.24, 2.45) is 0 Å². The van der Waals surface area contributed by atoms with Crippen molar-refractivity contribution < 1.29 is 18.0 Å². The number of alkyl halides is 3. The summed E-state index contributed by atoms with van der Waals surface area (Å²) in [6.07, 6.45) is -3.79. The van der Waals surface area contributed by atoms with Gasteiger partial charge in [0.2, 0.25) is 0 Å². The minimum Gasteiger partial charge on any atom is -0.292 e. The molecular formula is C7H10F3NO. The molecule has 0 aromatic carbocycles. The van der Waals surface area contributed by atoms with Gasteiger partial charge in [-0.1, -0.05) is 0 Å². The average Bonchev–Trinajstić information content (AvgIpc) is 1.94. The van der Waals surface area contributed by atoms with Gasteiger partial charge in [-0.3, -0.25) is 4.84 Å². The maximum Gasteiger partial charge on any atom is 0.413 e. The molecule has 0 unspecified atom stereocenters. The largest absolute Gasteiger partial charge is 0.413 e. The Balaban J connectivity index is 3.15. The Morgan fingerprint density at radius 1 is 1.42 bits per heavy atom. The molecule has 12 heavy (non-hydrogen) atoms. The minimum atomic E-state index is -4.27. The lowest BCUT2D eigenvalue weighted by Gasteiger charge is -2.06. The van der Waals surface area contributed by atoms with Gasteiger partial charge in [-0.2, -0.15) is 13.2 Å². The maximum atomic E-state index is 11.4. The van der Waals surface area contributed by atoms with Crippen LogP contribution in [-0.2, 0) is 4.84 Å². The van der Waals surface area contributed by atoms with Gasteiger partial charge in [0, 0.05) is 13.0 Å². The fourth-order valence-corrected chi connectivity index (χ4v) is 0.444. The van der Waals surface area contributed by atoms with Crippen LogP contribution in [0, 0.1) is 11.8 Å². The molecule has 0 radical (unpaired) electrons. The third kappa shape index (κ3) is 9.27. The lowest BCUT2D eigenvalue weighted by Crippen LogP contribution is -2.25. The fraction of sp³-hybridized carbons (Fsp3) is 0.714. The predicted molar refractivity (Wildman–Crippen MR) is 38.1 cm³/mol. The quantitative estimate of drug-likeness (QED) is 0.403. The molecule has 0 aromatic rings. The van der Waals surface area contributed by atoms with Crippen LogP contribution < -0.4 is 5.48 Å². The second-order valence-corrected chi connectivity index (χ2v) is 1.97. The van der Waals surface area contributed by atoms with Crippen LogP contribution in [0.2, 0.25) is 0 Å². The molecule has 0 aliphatic carbocycles. The van der Waals surface area contributed by atoms with Crippen LogP contribution in [-0.4, -0.2) is 19.3 Å². The van der Waals surface area contributed by atoms with Gasteiger partial charge in [-0.25, -0.2) is 5.48 Å². The van der Waals surface area contributed by atoms with Crippen LogP contribution in [0.4, 0.5) is 13.2 Å². The van der Waals surface area contributed by atoms with E-state index in [-0.39, 0.29) is 0 Å². The summed E-state index contributed by atoms with van der Waals surface area (Å²) in [6, 6.07) is 0. The predicted octanol–water partition coefficient (Wildman–Crippen LogP) is 1.48. The topological polar surface area (TPSA) is 21.3 Å². The minimum absolute atomic E-state index is 0.302. The summed E-state index contributed by atoms with van der Waals surface area (Å²) in [6.45, 7) is 0.694. The van der Waals surface area contributed by atoms with Gasteiger partial charge in [-0.15, -0.1) is 11.8 Å². The molecule has 5 heteroatoms. The Morgan fingerprint density at radius 2 is 2.08 bits per heavy atom. The van der Waals surface area contributed by atoms with Gasteiger partial charge in [0.15, 0.2) is 6.61 Å². The van der Waals surface area contributed by atoms with Crippen molar-refractivity contribution in [3.8, 4) is 11.8 Å². The molecule has 70 valence electrons. The Hall–Kier alpha value is -0.730. The molecule has 0 saturated carbocycles. The van der Waals surface area contributed by atoms with Crippen molar-refractivity contribution >= 4 is 0 Å². The zero-order valence-electron chi connectivity index (χ0n) is 6.66. The standard InChI is InChI=1S/C7H10F3NO/c1-2-3-4-5-11-12-6-7(8,9)10/h11H,4-6H2,1H3. The Morgan fingerprint density at radius 3 is 2.58 bits per heavy atom. The average molecular weight is 181 g/mol. The first kappa shape index (κ1) is 11.3. The molecule has 0 aliphatic rings. The van der Waals surface area contributed by atoms with E-state index in [0.29, 0.717) is 13.0 Å². The molecule has 2 nitrogen and oxygen atoms in total. The summed E-state index contributed by atoms with van der Waals surface area (Å²) in [7, 11) is 0. The van der Waals surface area contributed by atoms with Gasteiger partial charge in [0.1, 0.15) is 0 Å². The lowest BCUT2D eigenvalue weighted by molar-refractivity contribution is -0.189. The van der Waals surface area contributed by atoms with Crippen LogP contribution in [0.3, 0.4) is 0 Å². The van der Waals surface area contributed by atoms with Crippen molar-refractivity contribution in [3.63, 3.8) is 0 Å². The van der Waals surface area contributed by atoms with Gasteiger partial charge in [0.25, 0.3) is 0 Å². The fourth-order valence-electron chi connectivity index (χ4n) is 0.444. The normalized spacial score (nSPS) is 10.7. The maximum absolute atomic E-state index is 11.4. The molecular weight excluding hydrogens is 171 g/mol. The highest BCUT2D eigenvalue weighted by Gasteiger charge is 2.27. The molecule has 0 atom stereocenters. The number of hydroxylamine groups is 1. The third-order valence-corrected chi connectivity index (χ3v) is 0.867. The smallest absolute Gasteiger partial charge is 0.292 e. The number of rotatable bonds is 4. The number of nitrogens with one attached hydrogen (secondary N) is 1. The van der Waals surface area contributed by atoms with Crippen molar-refractivity contribution in [1.29, 1.82) is 0 Å². The molecule has 0 aliphatic heterocycles. The second-order valence-electron chi connectivity index (χ2n) is 1.97. The molecule has 0 spiro atoms. The first-order chi connectivity index (χ1) is 5.56. The highest BCUT2D eigenvalue weighted by atomic mass is 19.4. The van der Waals surface area contributed by atoms with Crippen LogP contribution in [0.15, 0.2) is 0 Å². The van der Waals surface area contributed by atoms with Crippen molar-refractivity contribution in [1.82, 2.24) is 5.48 Å². The first-order valence-corrected chi connectivity index (χ1v) is 3.37. The van der Waals surface area contributed by atoms with E-state index in [0.717, 1.165) is 0 Å².